The third-order valence-electron chi connectivity index (χ3n) is 3.23. The van der Waals surface area contributed by atoms with Crippen LogP contribution < -0.4 is 5.32 Å². The molecular formula is C17H14N4. The van der Waals surface area contributed by atoms with Crippen molar-refractivity contribution in [2.45, 2.75) is 6.54 Å². The lowest BCUT2D eigenvalue weighted by Gasteiger charge is -2.12. The van der Waals surface area contributed by atoms with Crippen LogP contribution in [0.15, 0.2) is 67.3 Å². The first kappa shape index (κ1) is 12.9. The highest BCUT2D eigenvalue weighted by molar-refractivity contribution is 5.61. The molecule has 0 unspecified atom stereocenters. The zero-order valence-corrected chi connectivity index (χ0v) is 11.4. The van der Waals surface area contributed by atoms with E-state index >= 15 is 0 Å². The van der Waals surface area contributed by atoms with Crippen LogP contribution in [0.1, 0.15) is 11.1 Å². The van der Waals surface area contributed by atoms with Crippen molar-refractivity contribution >= 4 is 5.69 Å². The van der Waals surface area contributed by atoms with Crippen molar-refractivity contribution in [2.75, 3.05) is 5.32 Å². The Morgan fingerprint density at radius 2 is 2.05 bits per heavy atom. The van der Waals surface area contributed by atoms with E-state index in [4.69, 9.17) is 5.26 Å². The molecule has 0 amide bonds. The van der Waals surface area contributed by atoms with Gasteiger partial charge >= 0.3 is 0 Å². The Labute approximate surface area is 123 Å². The first-order chi connectivity index (χ1) is 10.4. The maximum atomic E-state index is 8.94. The molecule has 0 saturated carbocycles. The highest BCUT2D eigenvalue weighted by Gasteiger charge is 2.03. The number of hydrogen-bond acceptors (Lipinski definition) is 3. The minimum absolute atomic E-state index is 0.668. The van der Waals surface area contributed by atoms with Crippen molar-refractivity contribution in [2.24, 2.45) is 0 Å². The van der Waals surface area contributed by atoms with E-state index in [0.717, 1.165) is 16.9 Å². The summed E-state index contributed by atoms with van der Waals surface area (Å²) in [5, 5.41) is 12.3. The Morgan fingerprint density at radius 3 is 2.86 bits per heavy atom. The van der Waals surface area contributed by atoms with E-state index in [1.807, 2.05) is 59.3 Å². The minimum Gasteiger partial charge on any atom is -0.379 e. The molecule has 0 bridgehead atoms. The molecule has 4 nitrogen and oxygen atoms in total. The molecule has 2 aromatic carbocycles. The zero-order valence-electron chi connectivity index (χ0n) is 11.4. The first-order valence-corrected chi connectivity index (χ1v) is 6.67. The van der Waals surface area contributed by atoms with Crippen LogP contribution in [-0.2, 0) is 6.54 Å². The fourth-order valence-corrected chi connectivity index (χ4v) is 2.20. The maximum absolute atomic E-state index is 8.94. The Kier molecular flexibility index (Phi) is 3.66. The van der Waals surface area contributed by atoms with Gasteiger partial charge in [-0.3, -0.25) is 0 Å². The molecule has 4 heteroatoms. The third-order valence-corrected chi connectivity index (χ3v) is 3.23. The van der Waals surface area contributed by atoms with Crippen molar-refractivity contribution in [1.82, 2.24) is 9.55 Å². The normalized spacial score (nSPS) is 10.0. The molecule has 0 atom stereocenters. The van der Waals surface area contributed by atoms with Gasteiger partial charge in [0.15, 0.2) is 0 Å². The molecule has 0 aliphatic rings. The fourth-order valence-electron chi connectivity index (χ4n) is 2.20. The molecule has 0 fully saturated rings. The fraction of sp³-hybridized carbons (Fsp3) is 0.0588. The summed E-state index contributed by atoms with van der Waals surface area (Å²) < 4.78 is 1.97. The van der Waals surface area contributed by atoms with E-state index < -0.39 is 0 Å². The molecule has 0 saturated heterocycles. The molecule has 1 heterocycles. The van der Waals surface area contributed by atoms with Gasteiger partial charge in [0.25, 0.3) is 0 Å². The number of imidazole rings is 1. The molecule has 1 aromatic heterocycles. The molecule has 21 heavy (non-hydrogen) atoms. The van der Waals surface area contributed by atoms with Crippen molar-refractivity contribution in [3.8, 4) is 11.8 Å². The van der Waals surface area contributed by atoms with Crippen LogP contribution in [0.5, 0.6) is 0 Å². The summed E-state index contributed by atoms with van der Waals surface area (Å²) in [6.45, 7) is 0.668. The molecular weight excluding hydrogens is 260 g/mol. The molecule has 0 aliphatic heterocycles. The Balaban J connectivity index is 1.81. The van der Waals surface area contributed by atoms with Gasteiger partial charge in [-0.1, -0.05) is 24.3 Å². The average Bonchev–Trinajstić information content (AvgIpc) is 3.08. The summed E-state index contributed by atoms with van der Waals surface area (Å²) in [6.07, 6.45) is 5.45. The highest BCUT2D eigenvalue weighted by Crippen LogP contribution is 2.20. The summed E-state index contributed by atoms with van der Waals surface area (Å²) in [5.74, 6) is 0. The van der Waals surface area contributed by atoms with Gasteiger partial charge in [-0.2, -0.15) is 5.26 Å². The van der Waals surface area contributed by atoms with E-state index in [-0.39, 0.29) is 0 Å². The molecule has 3 rings (SSSR count). The smallest absolute Gasteiger partial charge is 0.0992 e. The zero-order chi connectivity index (χ0) is 14.5. The van der Waals surface area contributed by atoms with E-state index in [1.165, 1.54) is 0 Å². The summed E-state index contributed by atoms with van der Waals surface area (Å²) in [7, 11) is 0. The summed E-state index contributed by atoms with van der Waals surface area (Å²) in [5.41, 5.74) is 3.83. The predicted molar refractivity (Wildman–Crippen MR) is 82.0 cm³/mol. The second-order valence-electron chi connectivity index (χ2n) is 4.65. The number of rotatable bonds is 4. The number of nitrogens with zero attached hydrogens (tertiary/aromatic N) is 3. The standard InChI is InChI=1S/C17H14N4/c18-11-14-4-3-5-15(10-14)12-20-16-6-1-2-7-17(16)21-9-8-19-13-21/h1-10,13,20H,12H2. The van der Waals surface area contributed by atoms with E-state index in [9.17, 15) is 0 Å². The maximum Gasteiger partial charge on any atom is 0.0992 e. The van der Waals surface area contributed by atoms with Crippen molar-refractivity contribution < 1.29 is 0 Å². The summed E-state index contributed by atoms with van der Waals surface area (Å²) in [4.78, 5) is 4.08. The van der Waals surface area contributed by atoms with Gasteiger partial charge in [0, 0.05) is 18.9 Å². The van der Waals surface area contributed by atoms with Crippen molar-refractivity contribution in [3.05, 3.63) is 78.4 Å². The monoisotopic (exact) mass is 274 g/mol. The molecule has 0 aliphatic carbocycles. The van der Waals surface area contributed by atoms with Crippen molar-refractivity contribution in [1.29, 1.82) is 5.26 Å². The number of benzene rings is 2. The Morgan fingerprint density at radius 1 is 1.14 bits per heavy atom. The van der Waals surface area contributed by atoms with Gasteiger partial charge in [-0.15, -0.1) is 0 Å². The number of aromatic nitrogens is 2. The van der Waals surface area contributed by atoms with Gasteiger partial charge in [-0.25, -0.2) is 4.98 Å². The average molecular weight is 274 g/mol. The van der Waals surface area contributed by atoms with Crippen LogP contribution in [0.25, 0.3) is 5.69 Å². The van der Waals surface area contributed by atoms with Gasteiger partial charge in [0.1, 0.15) is 0 Å². The number of hydrogen-bond donors (Lipinski definition) is 1. The largest absolute Gasteiger partial charge is 0.379 e. The molecule has 0 spiro atoms. The lowest BCUT2D eigenvalue weighted by atomic mass is 10.1. The molecule has 1 N–H and O–H groups in total. The molecule has 0 radical (unpaired) electrons. The Hall–Kier alpha value is -3.06. The van der Waals surface area contributed by atoms with E-state index in [1.54, 1.807) is 12.5 Å². The second-order valence-corrected chi connectivity index (χ2v) is 4.65. The van der Waals surface area contributed by atoms with Gasteiger partial charge < -0.3 is 9.88 Å². The molecule has 102 valence electrons. The van der Waals surface area contributed by atoms with E-state index in [0.29, 0.717) is 12.1 Å². The van der Waals surface area contributed by atoms with Gasteiger partial charge in [0.2, 0.25) is 0 Å². The third kappa shape index (κ3) is 2.93. The number of nitrogens with one attached hydrogen (secondary N) is 1. The quantitative estimate of drug-likeness (QED) is 0.793. The summed E-state index contributed by atoms with van der Waals surface area (Å²) >= 11 is 0. The van der Waals surface area contributed by atoms with Gasteiger partial charge in [0.05, 0.1) is 29.3 Å². The number of anilines is 1. The lowest BCUT2D eigenvalue weighted by Crippen LogP contribution is -2.03. The van der Waals surface area contributed by atoms with Gasteiger partial charge in [-0.05, 0) is 29.8 Å². The molecule has 3 aromatic rings. The van der Waals surface area contributed by atoms with Crippen LogP contribution in [-0.4, -0.2) is 9.55 Å². The number of nitriles is 1. The highest BCUT2D eigenvalue weighted by atomic mass is 15.0. The number of para-hydroxylation sites is 2. The van der Waals surface area contributed by atoms with Crippen LogP contribution in [0.3, 0.4) is 0 Å². The predicted octanol–water partition coefficient (Wildman–Crippen LogP) is 3.36. The van der Waals surface area contributed by atoms with Crippen LogP contribution in [0.4, 0.5) is 5.69 Å². The second kappa shape index (κ2) is 5.93. The first-order valence-electron chi connectivity index (χ1n) is 6.67. The van der Waals surface area contributed by atoms with Crippen LogP contribution in [0, 0.1) is 11.3 Å². The van der Waals surface area contributed by atoms with Crippen LogP contribution in [0.2, 0.25) is 0 Å². The topological polar surface area (TPSA) is 53.6 Å². The van der Waals surface area contributed by atoms with Crippen molar-refractivity contribution in [3.63, 3.8) is 0 Å². The minimum atomic E-state index is 0.668. The SMILES string of the molecule is N#Cc1cccc(CNc2ccccc2-n2ccnc2)c1. The Bertz CT molecular complexity index is 769. The lowest BCUT2D eigenvalue weighted by molar-refractivity contribution is 1.04. The van der Waals surface area contributed by atoms with Crippen LogP contribution >= 0.6 is 0 Å². The van der Waals surface area contributed by atoms with E-state index in [2.05, 4.69) is 16.4 Å². The summed E-state index contributed by atoms with van der Waals surface area (Å²) in [6, 6.07) is 17.8.